The summed E-state index contributed by atoms with van der Waals surface area (Å²) in [7, 11) is 0. The van der Waals surface area contributed by atoms with Crippen LogP contribution < -0.4 is 0 Å². The molecule has 0 aromatic rings. The molecule has 0 bridgehead atoms. The van der Waals surface area contributed by atoms with Crippen molar-refractivity contribution < 1.29 is 0 Å². The molecule has 1 rings (SSSR count). The fourth-order valence-electron chi connectivity index (χ4n) is 1.93. The highest BCUT2D eigenvalue weighted by Gasteiger charge is 2.24. The van der Waals surface area contributed by atoms with Gasteiger partial charge in [-0.2, -0.15) is 0 Å². The van der Waals surface area contributed by atoms with Crippen LogP contribution in [0, 0.1) is 5.92 Å². The van der Waals surface area contributed by atoms with Crippen LogP contribution in [0.15, 0.2) is 0 Å². The summed E-state index contributed by atoms with van der Waals surface area (Å²) >= 11 is 0. The maximum absolute atomic E-state index is 2.69. The van der Waals surface area contributed by atoms with Gasteiger partial charge in [0.15, 0.2) is 0 Å². The third-order valence-electron chi connectivity index (χ3n) is 2.70. The lowest BCUT2D eigenvalue weighted by Crippen LogP contribution is -2.42. The maximum atomic E-state index is 2.69. The monoisotopic (exact) mass is 169 g/mol. The fraction of sp³-hybridized carbons (Fsp3) is 1.00. The van der Waals surface area contributed by atoms with E-state index >= 15 is 0 Å². The first-order valence-corrected chi connectivity index (χ1v) is 5.48. The molecule has 1 fully saturated rings. The Morgan fingerprint density at radius 1 is 1.33 bits per heavy atom. The van der Waals surface area contributed by atoms with Crippen LogP contribution in [0.5, 0.6) is 0 Å². The van der Waals surface area contributed by atoms with Crippen LogP contribution >= 0.6 is 0 Å². The van der Waals surface area contributed by atoms with Crippen molar-refractivity contribution in [3.05, 3.63) is 0 Å². The van der Waals surface area contributed by atoms with Gasteiger partial charge in [-0.15, -0.1) is 0 Å². The van der Waals surface area contributed by atoms with Gasteiger partial charge in [0.2, 0.25) is 0 Å². The number of hydrogen-bond donors (Lipinski definition) is 0. The van der Waals surface area contributed by atoms with E-state index in [9.17, 15) is 0 Å². The van der Waals surface area contributed by atoms with E-state index in [-0.39, 0.29) is 0 Å². The molecule has 0 aromatic heterocycles. The second kappa shape index (κ2) is 4.86. The van der Waals surface area contributed by atoms with Crippen LogP contribution in [0.2, 0.25) is 0 Å². The van der Waals surface area contributed by atoms with Gasteiger partial charge in [-0.1, -0.05) is 27.2 Å². The Kier molecular flexibility index (Phi) is 4.07. The Bertz CT molecular complexity index is 116. The molecule has 0 heterocycles. The van der Waals surface area contributed by atoms with Crippen LogP contribution in [0.4, 0.5) is 0 Å². The van der Waals surface area contributed by atoms with Gasteiger partial charge < -0.3 is 4.90 Å². The Morgan fingerprint density at radius 3 is 2.33 bits per heavy atom. The zero-order valence-corrected chi connectivity index (χ0v) is 8.84. The summed E-state index contributed by atoms with van der Waals surface area (Å²) in [5.41, 5.74) is 0. The molecule has 0 aromatic carbocycles. The average molecular weight is 169 g/mol. The number of nitrogens with zero attached hydrogens (tertiary/aromatic N) is 1. The molecule has 1 nitrogen and oxygen atoms in total. The van der Waals surface area contributed by atoms with E-state index in [4.69, 9.17) is 0 Å². The summed E-state index contributed by atoms with van der Waals surface area (Å²) in [6.45, 7) is 9.54. The second-order valence-corrected chi connectivity index (χ2v) is 4.47. The van der Waals surface area contributed by atoms with Crippen molar-refractivity contribution in [2.45, 2.75) is 52.5 Å². The van der Waals surface area contributed by atoms with Gasteiger partial charge in [0.25, 0.3) is 0 Å². The normalized spacial score (nSPS) is 18.8. The molecule has 0 amide bonds. The molecule has 0 atom stereocenters. The van der Waals surface area contributed by atoms with Crippen molar-refractivity contribution in [2.75, 3.05) is 13.1 Å². The summed E-state index contributed by atoms with van der Waals surface area (Å²) in [6, 6.07) is 0.937. The highest BCUT2D eigenvalue weighted by molar-refractivity contribution is 4.80. The van der Waals surface area contributed by atoms with E-state index in [0.717, 1.165) is 12.0 Å². The summed E-state index contributed by atoms with van der Waals surface area (Å²) in [5, 5.41) is 0. The first-order valence-electron chi connectivity index (χ1n) is 5.48. The van der Waals surface area contributed by atoms with Crippen LogP contribution in [-0.4, -0.2) is 24.0 Å². The summed E-state index contributed by atoms with van der Waals surface area (Å²) in [6.07, 6.45) is 5.67. The zero-order chi connectivity index (χ0) is 8.97. The average Bonchev–Trinajstić information content (AvgIpc) is 1.81. The molecule has 1 aliphatic carbocycles. The molecule has 12 heavy (non-hydrogen) atoms. The molecule has 0 unspecified atom stereocenters. The molecule has 72 valence electrons. The Balaban J connectivity index is 2.26. The van der Waals surface area contributed by atoms with E-state index in [1.54, 1.807) is 0 Å². The van der Waals surface area contributed by atoms with Crippen LogP contribution in [0.1, 0.15) is 46.5 Å². The van der Waals surface area contributed by atoms with Gasteiger partial charge in [-0.3, -0.25) is 0 Å². The minimum absolute atomic E-state index is 0.831. The number of rotatable bonds is 5. The number of hydrogen-bond acceptors (Lipinski definition) is 1. The molecule has 0 N–H and O–H groups in total. The second-order valence-electron chi connectivity index (χ2n) is 4.47. The van der Waals surface area contributed by atoms with E-state index in [0.29, 0.717) is 0 Å². The maximum Gasteiger partial charge on any atom is 0.00953 e. The van der Waals surface area contributed by atoms with Crippen molar-refractivity contribution in [1.29, 1.82) is 0 Å². The van der Waals surface area contributed by atoms with Gasteiger partial charge in [0.1, 0.15) is 0 Å². The topological polar surface area (TPSA) is 3.24 Å². The van der Waals surface area contributed by atoms with E-state index < -0.39 is 0 Å². The van der Waals surface area contributed by atoms with Gasteiger partial charge >= 0.3 is 0 Å². The molecule has 1 heteroatoms. The smallest absolute Gasteiger partial charge is 0.00953 e. The molecule has 0 aliphatic heterocycles. The predicted octanol–water partition coefficient (Wildman–Crippen LogP) is 2.91. The minimum atomic E-state index is 0.831. The third-order valence-corrected chi connectivity index (χ3v) is 2.70. The minimum Gasteiger partial charge on any atom is -0.300 e. The molecule has 0 saturated heterocycles. The predicted molar refractivity (Wildman–Crippen MR) is 54.3 cm³/mol. The van der Waals surface area contributed by atoms with Gasteiger partial charge in [-0.25, -0.2) is 0 Å². The van der Waals surface area contributed by atoms with E-state index in [2.05, 4.69) is 25.7 Å². The molecule has 1 saturated carbocycles. The van der Waals surface area contributed by atoms with Crippen LogP contribution in [-0.2, 0) is 0 Å². The summed E-state index contributed by atoms with van der Waals surface area (Å²) < 4.78 is 0. The highest BCUT2D eigenvalue weighted by Crippen LogP contribution is 2.25. The van der Waals surface area contributed by atoms with Crippen molar-refractivity contribution in [3.63, 3.8) is 0 Å². The van der Waals surface area contributed by atoms with E-state index in [1.165, 1.54) is 38.8 Å². The first-order chi connectivity index (χ1) is 5.74. The largest absolute Gasteiger partial charge is 0.300 e. The lowest BCUT2D eigenvalue weighted by molar-refractivity contribution is 0.113. The lowest BCUT2D eigenvalue weighted by Gasteiger charge is -2.38. The van der Waals surface area contributed by atoms with Crippen LogP contribution in [0.3, 0.4) is 0 Å². The van der Waals surface area contributed by atoms with Gasteiger partial charge in [0, 0.05) is 12.6 Å². The zero-order valence-electron chi connectivity index (χ0n) is 8.84. The molecule has 0 spiro atoms. The summed E-state index contributed by atoms with van der Waals surface area (Å²) in [4.78, 5) is 2.69. The Labute approximate surface area is 77.1 Å². The SMILES string of the molecule is CCCN(CC(C)C)C1CCC1. The summed E-state index contributed by atoms with van der Waals surface area (Å²) in [5.74, 6) is 0.831. The quantitative estimate of drug-likeness (QED) is 0.611. The third kappa shape index (κ3) is 2.78. The lowest BCUT2D eigenvalue weighted by atomic mass is 9.90. The van der Waals surface area contributed by atoms with Crippen LogP contribution in [0.25, 0.3) is 0 Å². The molecular weight excluding hydrogens is 146 g/mol. The van der Waals surface area contributed by atoms with Crippen molar-refractivity contribution in [1.82, 2.24) is 4.90 Å². The standard InChI is InChI=1S/C11H23N/c1-4-8-12(9-10(2)3)11-6-5-7-11/h10-11H,4-9H2,1-3H3. The first kappa shape index (κ1) is 10.0. The van der Waals surface area contributed by atoms with Gasteiger partial charge in [-0.05, 0) is 31.7 Å². The van der Waals surface area contributed by atoms with Crippen molar-refractivity contribution in [2.24, 2.45) is 5.92 Å². The van der Waals surface area contributed by atoms with Crippen molar-refractivity contribution >= 4 is 0 Å². The molecule has 0 radical (unpaired) electrons. The van der Waals surface area contributed by atoms with Crippen molar-refractivity contribution in [3.8, 4) is 0 Å². The Morgan fingerprint density at radius 2 is 2.00 bits per heavy atom. The Hall–Kier alpha value is -0.0400. The molecule has 1 aliphatic rings. The van der Waals surface area contributed by atoms with Gasteiger partial charge in [0.05, 0.1) is 0 Å². The fourth-order valence-corrected chi connectivity index (χ4v) is 1.93. The highest BCUT2D eigenvalue weighted by atomic mass is 15.2. The molecular formula is C11H23N. The van der Waals surface area contributed by atoms with E-state index in [1.807, 2.05) is 0 Å².